The number of aliphatic hydroxyl groups excluding tert-OH is 1. The number of carbonyl (C=O) groups excluding carboxylic acids is 1. The van der Waals surface area contributed by atoms with Crippen molar-refractivity contribution < 1.29 is 9.90 Å². The van der Waals surface area contributed by atoms with Crippen molar-refractivity contribution in [1.29, 1.82) is 0 Å². The topological polar surface area (TPSA) is 79.5 Å². The Labute approximate surface area is 113 Å². The summed E-state index contributed by atoms with van der Waals surface area (Å²) in [5.74, 6) is 0.474. The second-order valence-corrected chi connectivity index (χ2v) is 5.17. The van der Waals surface area contributed by atoms with Gasteiger partial charge in [0, 0.05) is 12.2 Å². The summed E-state index contributed by atoms with van der Waals surface area (Å²) in [5, 5.41) is 9.12. The molecule has 0 unspecified atom stereocenters. The summed E-state index contributed by atoms with van der Waals surface area (Å²) in [7, 11) is 0. The summed E-state index contributed by atoms with van der Waals surface area (Å²) in [5.41, 5.74) is 7.11. The van der Waals surface area contributed by atoms with E-state index in [9.17, 15) is 4.79 Å². The van der Waals surface area contributed by atoms with E-state index in [1.165, 1.54) is 12.8 Å². The number of pyridine rings is 1. The lowest BCUT2D eigenvalue weighted by atomic mass is 10.1. The van der Waals surface area contributed by atoms with Gasteiger partial charge in [0.2, 0.25) is 5.91 Å². The first-order chi connectivity index (χ1) is 9.11. The van der Waals surface area contributed by atoms with Gasteiger partial charge in [-0.2, -0.15) is 0 Å². The third kappa shape index (κ3) is 3.23. The van der Waals surface area contributed by atoms with Gasteiger partial charge in [0.25, 0.3) is 0 Å². The lowest BCUT2D eigenvalue weighted by Crippen LogP contribution is -2.41. The fourth-order valence-electron chi connectivity index (χ4n) is 2.77. The van der Waals surface area contributed by atoms with Crippen molar-refractivity contribution in [1.82, 2.24) is 4.98 Å². The van der Waals surface area contributed by atoms with Gasteiger partial charge in [0.05, 0.1) is 13.2 Å². The minimum absolute atomic E-state index is 0.0205. The largest absolute Gasteiger partial charge is 0.392 e. The number of hydrogen-bond acceptors (Lipinski definition) is 4. The highest BCUT2D eigenvalue weighted by atomic mass is 16.3. The van der Waals surface area contributed by atoms with E-state index in [0.29, 0.717) is 6.04 Å². The van der Waals surface area contributed by atoms with Crippen molar-refractivity contribution in [3.05, 3.63) is 23.4 Å². The molecule has 1 aromatic rings. The van der Waals surface area contributed by atoms with Crippen molar-refractivity contribution >= 4 is 11.7 Å². The number of anilines is 1. The molecule has 1 amide bonds. The molecular formula is C14H21N3O2. The molecule has 1 aliphatic rings. The number of amides is 1. The second-order valence-electron chi connectivity index (χ2n) is 5.17. The summed E-state index contributed by atoms with van der Waals surface area (Å²) in [6.07, 6.45) is 6.19. The first-order valence-corrected chi connectivity index (χ1v) is 6.73. The van der Waals surface area contributed by atoms with Crippen molar-refractivity contribution in [2.45, 2.75) is 45.3 Å². The van der Waals surface area contributed by atoms with Crippen molar-refractivity contribution in [2.75, 3.05) is 11.4 Å². The van der Waals surface area contributed by atoms with Crippen LogP contribution in [0.15, 0.2) is 12.3 Å². The number of nitrogens with two attached hydrogens (primary N) is 1. The van der Waals surface area contributed by atoms with Gasteiger partial charge in [0.15, 0.2) is 0 Å². The summed E-state index contributed by atoms with van der Waals surface area (Å²) in [6.45, 7) is 2.13. The Balaban J connectivity index is 2.28. The standard InChI is InChI=1S/C14H21N3O2/c1-10-6-11(9-18)7-16-14(10)17(8-13(15)19)12-4-2-3-5-12/h6-7,12,18H,2-5,8-9H2,1H3,(H2,15,19). The first kappa shape index (κ1) is 13.8. The Morgan fingerprint density at radius 3 is 2.74 bits per heavy atom. The zero-order valence-electron chi connectivity index (χ0n) is 11.3. The minimum Gasteiger partial charge on any atom is -0.392 e. The molecule has 1 heterocycles. The summed E-state index contributed by atoms with van der Waals surface area (Å²) in [6, 6.07) is 2.25. The van der Waals surface area contributed by atoms with Gasteiger partial charge in [0.1, 0.15) is 5.82 Å². The van der Waals surface area contributed by atoms with Crippen LogP contribution in [0.1, 0.15) is 36.8 Å². The fourth-order valence-corrected chi connectivity index (χ4v) is 2.77. The maximum absolute atomic E-state index is 11.3. The number of aromatic nitrogens is 1. The van der Waals surface area contributed by atoms with Crippen LogP contribution in [0.3, 0.4) is 0 Å². The van der Waals surface area contributed by atoms with Crippen LogP contribution in [0.5, 0.6) is 0 Å². The van der Waals surface area contributed by atoms with Crippen LogP contribution in [0.4, 0.5) is 5.82 Å². The third-order valence-corrected chi connectivity index (χ3v) is 3.65. The molecule has 5 nitrogen and oxygen atoms in total. The molecule has 5 heteroatoms. The lowest BCUT2D eigenvalue weighted by Gasteiger charge is -2.30. The first-order valence-electron chi connectivity index (χ1n) is 6.73. The Morgan fingerprint density at radius 1 is 1.53 bits per heavy atom. The van der Waals surface area contributed by atoms with Crippen molar-refractivity contribution in [3.8, 4) is 0 Å². The number of aryl methyl sites for hydroxylation is 1. The predicted octanol–water partition coefficient (Wildman–Crippen LogP) is 1.12. The molecule has 1 fully saturated rings. The molecule has 0 bridgehead atoms. The van der Waals surface area contributed by atoms with E-state index >= 15 is 0 Å². The smallest absolute Gasteiger partial charge is 0.237 e. The Hall–Kier alpha value is -1.62. The molecule has 0 spiro atoms. The van der Waals surface area contributed by atoms with Crippen LogP contribution in [0.2, 0.25) is 0 Å². The van der Waals surface area contributed by atoms with Crippen LogP contribution >= 0.6 is 0 Å². The van der Waals surface area contributed by atoms with Crippen LogP contribution in [-0.2, 0) is 11.4 Å². The zero-order chi connectivity index (χ0) is 13.8. The number of aliphatic hydroxyl groups is 1. The molecule has 1 aliphatic carbocycles. The number of nitrogens with zero attached hydrogens (tertiary/aromatic N) is 2. The molecule has 0 aliphatic heterocycles. The molecular weight excluding hydrogens is 242 g/mol. The number of rotatable bonds is 5. The highest BCUT2D eigenvalue weighted by molar-refractivity contribution is 5.79. The average Bonchev–Trinajstić information content (AvgIpc) is 2.89. The quantitative estimate of drug-likeness (QED) is 0.834. The molecule has 0 atom stereocenters. The Morgan fingerprint density at radius 2 is 2.21 bits per heavy atom. The van der Waals surface area contributed by atoms with E-state index in [1.54, 1.807) is 6.20 Å². The molecule has 1 aromatic heterocycles. The maximum atomic E-state index is 11.3. The molecule has 0 radical (unpaired) electrons. The third-order valence-electron chi connectivity index (χ3n) is 3.65. The number of hydrogen-bond donors (Lipinski definition) is 2. The van der Waals surface area contributed by atoms with E-state index in [1.807, 2.05) is 17.9 Å². The summed E-state index contributed by atoms with van der Waals surface area (Å²) < 4.78 is 0. The van der Waals surface area contributed by atoms with Crippen LogP contribution in [0.25, 0.3) is 0 Å². The van der Waals surface area contributed by atoms with Crippen LogP contribution in [0, 0.1) is 6.92 Å². The normalized spacial score (nSPS) is 15.7. The van der Waals surface area contributed by atoms with Gasteiger partial charge >= 0.3 is 0 Å². The van der Waals surface area contributed by atoms with Gasteiger partial charge in [-0.25, -0.2) is 4.98 Å². The predicted molar refractivity (Wildman–Crippen MR) is 73.7 cm³/mol. The van der Waals surface area contributed by atoms with Gasteiger partial charge in [-0.05, 0) is 37.0 Å². The monoisotopic (exact) mass is 263 g/mol. The zero-order valence-corrected chi connectivity index (χ0v) is 11.3. The summed E-state index contributed by atoms with van der Waals surface area (Å²) >= 11 is 0. The molecule has 0 aromatic carbocycles. The average molecular weight is 263 g/mol. The van der Waals surface area contributed by atoms with Gasteiger partial charge in [-0.1, -0.05) is 12.8 Å². The van der Waals surface area contributed by atoms with Gasteiger partial charge < -0.3 is 15.7 Å². The Kier molecular flexibility index (Phi) is 4.37. The minimum atomic E-state index is -0.334. The van der Waals surface area contributed by atoms with E-state index in [0.717, 1.165) is 29.8 Å². The SMILES string of the molecule is Cc1cc(CO)cnc1N(CC(N)=O)C1CCCC1. The van der Waals surface area contributed by atoms with Crippen LogP contribution < -0.4 is 10.6 Å². The molecule has 2 rings (SSSR count). The maximum Gasteiger partial charge on any atom is 0.237 e. The fraction of sp³-hybridized carbons (Fsp3) is 0.571. The molecule has 0 saturated heterocycles. The van der Waals surface area contributed by atoms with E-state index in [2.05, 4.69) is 4.98 Å². The molecule has 1 saturated carbocycles. The van der Waals surface area contributed by atoms with Crippen molar-refractivity contribution in [2.24, 2.45) is 5.73 Å². The molecule has 3 N–H and O–H groups in total. The number of carbonyl (C=O) groups is 1. The molecule has 104 valence electrons. The second kappa shape index (κ2) is 6.02. The van der Waals surface area contributed by atoms with Gasteiger partial charge in [-0.3, -0.25) is 4.79 Å². The van der Waals surface area contributed by atoms with E-state index in [4.69, 9.17) is 10.8 Å². The van der Waals surface area contributed by atoms with E-state index in [-0.39, 0.29) is 19.1 Å². The highest BCUT2D eigenvalue weighted by Gasteiger charge is 2.26. The highest BCUT2D eigenvalue weighted by Crippen LogP contribution is 2.29. The van der Waals surface area contributed by atoms with Crippen molar-refractivity contribution in [3.63, 3.8) is 0 Å². The van der Waals surface area contributed by atoms with Gasteiger partial charge in [-0.15, -0.1) is 0 Å². The summed E-state index contributed by atoms with van der Waals surface area (Å²) in [4.78, 5) is 17.7. The van der Waals surface area contributed by atoms with Crippen LogP contribution in [-0.4, -0.2) is 28.6 Å². The Bertz CT molecular complexity index is 456. The lowest BCUT2D eigenvalue weighted by molar-refractivity contribution is -0.116. The molecule has 19 heavy (non-hydrogen) atoms. The van der Waals surface area contributed by atoms with E-state index < -0.39 is 0 Å². The number of primary amides is 1.